The number of amides is 1. The largest absolute Gasteiger partial charge is 0.494 e. The molecule has 1 aromatic rings. The first-order valence-corrected chi connectivity index (χ1v) is 6.28. The van der Waals surface area contributed by atoms with Gasteiger partial charge in [0, 0.05) is 13.5 Å². The number of ether oxygens (including phenoxy) is 1. The lowest BCUT2D eigenvalue weighted by Gasteiger charge is -2.10. The predicted molar refractivity (Wildman–Crippen MR) is 70.5 cm³/mol. The Labute approximate surface area is 108 Å². The normalized spacial score (nSPS) is 11.9. The molecule has 100 valence electrons. The van der Waals surface area contributed by atoms with Crippen LogP contribution in [0.15, 0.2) is 24.3 Å². The Balaban J connectivity index is 2.33. The zero-order valence-corrected chi connectivity index (χ0v) is 11.0. The Hall–Kier alpha value is -1.55. The minimum Gasteiger partial charge on any atom is -0.494 e. The van der Waals surface area contributed by atoms with Crippen molar-refractivity contribution in [2.24, 2.45) is 0 Å². The maximum absolute atomic E-state index is 11.0. The Kier molecular flexibility index (Phi) is 6.22. The van der Waals surface area contributed by atoms with Crippen molar-refractivity contribution < 1.29 is 14.6 Å². The molecule has 1 rings (SSSR count). The van der Waals surface area contributed by atoms with Crippen LogP contribution in [-0.2, 0) is 4.79 Å². The minimum absolute atomic E-state index is 0.0278. The standard InChI is InChI=1S/C14H21NO3/c1-3-13(16)11-6-8-12(9-7-11)18-10-4-5-14(17)15-2/h6-9,13,16H,3-5,10H2,1-2H3,(H,15,17). The van der Waals surface area contributed by atoms with Crippen LogP contribution in [0.2, 0.25) is 0 Å². The highest BCUT2D eigenvalue weighted by Gasteiger charge is 2.04. The maximum Gasteiger partial charge on any atom is 0.219 e. The fraction of sp³-hybridized carbons (Fsp3) is 0.500. The molecule has 0 fully saturated rings. The van der Waals surface area contributed by atoms with Crippen LogP contribution < -0.4 is 10.1 Å². The molecule has 0 aliphatic rings. The molecule has 4 heteroatoms. The van der Waals surface area contributed by atoms with Gasteiger partial charge in [-0.25, -0.2) is 0 Å². The quantitative estimate of drug-likeness (QED) is 0.729. The van der Waals surface area contributed by atoms with E-state index in [9.17, 15) is 9.90 Å². The fourth-order valence-electron chi connectivity index (χ4n) is 1.57. The average molecular weight is 251 g/mol. The number of carbonyl (C=O) groups excluding carboxylic acids is 1. The van der Waals surface area contributed by atoms with Crippen LogP contribution >= 0.6 is 0 Å². The minimum atomic E-state index is -0.410. The molecule has 0 saturated heterocycles. The summed E-state index contributed by atoms with van der Waals surface area (Å²) in [5.74, 6) is 0.791. The van der Waals surface area contributed by atoms with Crippen LogP contribution in [0.4, 0.5) is 0 Å². The predicted octanol–water partition coefficient (Wildman–Crippen LogP) is 2.04. The van der Waals surface area contributed by atoms with Crippen LogP contribution in [0.1, 0.15) is 37.9 Å². The van der Waals surface area contributed by atoms with Crippen LogP contribution in [0.5, 0.6) is 5.75 Å². The smallest absolute Gasteiger partial charge is 0.219 e. The van der Waals surface area contributed by atoms with E-state index in [1.54, 1.807) is 7.05 Å². The van der Waals surface area contributed by atoms with Gasteiger partial charge in [0.25, 0.3) is 0 Å². The second kappa shape index (κ2) is 7.71. The van der Waals surface area contributed by atoms with Gasteiger partial charge in [0.1, 0.15) is 5.75 Å². The molecule has 2 N–H and O–H groups in total. The molecule has 0 aliphatic heterocycles. The van der Waals surface area contributed by atoms with E-state index in [0.29, 0.717) is 25.9 Å². The van der Waals surface area contributed by atoms with Crippen molar-refractivity contribution in [3.05, 3.63) is 29.8 Å². The monoisotopic (exact) mass is 251 g/mol. The van der Waals surface area contributed by atoms with Crippen LogP contribution in [0, 0.1) is 0 Å². The number of carbonyl (C=O) groups is 1. The van der Waals surface area contributed by atoms with E-state index in [1.807, 2.05) is 31.2 Å². The van der Waals surface area contributed by atoms with E-state index in [4.69, 9.17) is 4.74 Å². The SMILES string of the molecule is CCC(O)c1ccc(OCCCC(=O)NC)cc1. The molecular formula is C14H21NO3. The van der Waals surface area contributed by atoms with E-state index in [0.717, 1.165) is 11.3 Å². The van der Waals surface area contributed by atoms with Crippen molar-refractivity contribution in [1.29, 1.82) is 0 Å². The second-order valence-electron chi connectivity index (χ2n) is 4.12. The summed E-state index contributed by atoms with van der Waals surface area (Å²) < 4.78 is 5.51. The molecule has 0 aromatic heterocycles. The lowest BCUT2D eigenvalue weighted by molar-refractivity contribution is -0.120. The number of hydrogen-bond acceptors (Lipinski definition) is 3. The van der Waals surface area contributed by atoms with Crippen LogP contribution in [0.25, 0.3) is 0 Å². The van der Waals surface area contributed by atoms with Gasteiger partial charge in [0.15, 0.2) is 0 Å². The van der Waals surface area contributed by atoms with Crippen LogP contribution in [-0.4, -0.2) is 24.7 Å². The van der Waals surface area contributed by atoms with Crippen molar-refractivity contribution in [1.82, 2.24) is 5.32 Å². The van der Waals surface area contributed by atoms with Crippen molar-refractivity contribution in [3.63, 3.8) is 0 Å². The average Bonchev–Trinajstić information content (AvgIpc) is 2.43. The third-order valence-corrected chi connectivity index (χ3v) is 2.75. The van der Waals surface area contributed by atoms with Crippen molar-refractivity contribution >= 4 is 5.91 Å². The van der Waals surface area contributed by atoms with Crippen LogP contribution in [0.3, 0.4) is 0 Å². The van der Waals surface area contributed by atoms with Gasteiger partial charge in [-0.15, -0.1) is 0 Å². The van der Waals surface area contributed by atoms with Gasteiger partial charge >= 0.3 is 0 Å². The zero-order valence-electron chi connectivity index (χ0n) is 11.0. The highest BCUT2D eigenvalue weighted by molar-refractivity contribution is 5.75. The summed E-state index contributed by atoms with van der Waals surface area (Å²) in [5.41, 5.74) is 0.898. The van der Waals surface area contributed by atoms with E-state index < -0.39 is 6.10 Å². The first-order valence-electron chi connectivity index (χ1n) is 6.28. The Morgan fingerprint density at radius 1 is 1.39 bits per heavy atom. The number of aliphatic hydroxyl groups is 1. The molecular weight excluding hydrogens is 230 g/mol. The number of rotatable bonds is 7. The topological polar surface area (TPSA) is 58.6 Å². The highest BCUT2D eigenvalue weighted by Crippen LogP contribution is 2.19. The Morgan fingerprint density at radius 3 is 2.61 bits per heavy atom. The maximum atomic E-state index is 11.0. The zero-order chi connectivity index (χ0) is 13.4. The van der Waals surface area contributed by atoms with Crippen molar-refractivity contribution in [2.45, 2.75) is 32.3 Å². The molecule has 0 spiro atoms. The summed E-state index contributed by atoms with van der Waals surface area (Å²) in [6.07, 6.45) is 1.46. The number of benzene rings is 1. The van der Waals surface area contributed by atoms with Gasteiger partial charge in [-0.3, -0.25) is 4.79 Å². The molecule has 1 aromatic carbocycles. The summed E-state index contributed by atoms with van der Waals surface area (Å²) in [6.45, 7) is 2.46. The van der Waals surface area contributed by atoms with Gasteiger partial charge in [-0.05, 0) is 30.5 Å². The lowest BCUT2D eigenvalue weighted by atomic mass is 10.1. The molecule has 1 atom stereocenters. The van der Waals surface area contributed by atoms with E-state index in [-0.39, 0.29) is 5.91 Å². The van der Waals surface area contributed by atoms with E-state index in [1.165, 1.54) is 0 Å². The third-order valence-electron chi connectivity index (χ3n) is 2.75. The first kappa shape index (κ1) is 14.5. The summed E-state index contributed by atoms with van der Waals surface area (Å²) >= 11 is 0. The molecule has 0 saturated carbocycles. The van der Waals surface area contributed by atoms with Gasteiger partial charge in [-0.1, -0.05) is 19.1 Å². The van der Waals surface area contributed by atoms with E-state index >= 15 is 0 Å². The van der Waals surface area contributed by atoms with Gasteiger partial charge in [0.2, 0.25) is 5.91 Å². The second-order valence-corrected chi connectivity index (χ2v) is 4.12. The van der Waals surface area contributed by atoms with Crippen molar-refractivity contribution in [2.75, 3.05) is 13.7 Å². The molecule has 0 aliphatic carbocycles. The van der Waals surface area contributed by atoms with Gasteiger partial charge in [0.05, 0.1) is 12.7 Å². The molecule has 18 heavy (non-hydrogen) atoms. The molecule has 0 bridgehead atoms. The summed E-state index contributed by atoms with van der Waals surface area (Å²) in [7, 11) is 1.63. The van der Waals surface area contributed by atoms with Gasteiger partial charge in [-0.2, -0.15) is 0 Å². The molecule has 4 nitrogen and oxygen atoms in total. The fourth-order valence-corrected chi connectivity index (χ4v) is 1.57. The third kappa shape index (κ3) is 4.75. The molecule has 0 heterocycles. The number of hydrogen-bond donors (Lipinski definition) is 2. The van der Waals surface area contributed by atoms with Crippen molar-refractivity contribution in [3.8, 4) is 5.75 Å². The highest BCUT2D eigenvalue weighted by atomic mass is 16.5. The Bertz CT molecular complexity index is 362. The van der Waals surface area contributed by atoms with E-state index in [2.05, 4.69) is 5.32 Å². The molecule has 0 radical (unpaired) electrons. The number of nitrogens with one attached hydrogen (secondary N) is 1. The lowest BCUT2D eigenvalue weighted by Crippen LogP contribution is -2.18. The van der Waals surface area contributed by atoms with Gasteiger partial charge < -0.3 is 15.2 Å². The molecule has 1 unspecified atom stereocenters. The number of aliphatic hydroxyl groups excluding tert-OH is 1. The summed E-state index contributed by atoms with van der Waals surface area (Å²) in [6, 6.07) is 7.41. The summed E-state index contributed by atoms with van der Waals surface area (Å²) in [4.78, 5) is 11.0. The first-order chi connectivity index (χ1) is 8.67. The Morgan fingerprint density at radius 2 is 2.06 bits per heavy atom. The summed E-state index contributed by atoms with van der Waals surface area (Å²) in [5, 5.41) is 12.2. The molecule has 1 amide bonds.